The van der Waals surface area contributed by atoms with Gasteiger partial charge < -0.3 is 5.32 Å². The number of thioether (sulfide) groups is 1. The average molecular weight is 557 g/mol. The van der Waals surface area contributed by atoms with Gasteiger partial charge in [-0.2, -0.15) is 5.10 Å². The van der Waals surface area contributed by atoms with Crippen molar-refractivity contribution in [1.29, 1.82) is 0 Å². The minimum Gasteiger partial charge on any atom is -0.352 e. The van der Waals surface area contributed by atoms with Gasteiger partial charge in [0.25, 0.3) is 0 Å². The SMILES string of the molecule is CC[C@@H](C)NC(=O)CN1C(=O)CS[C@@H](c2ccc(F)cc2)c2c(-c3ccccc3)nn(-c3ccc(C)cc3C)c21. The smallest absolute Gasteiger partial charge is 0.240 e. The van der Waals surface area contributed by atoms with Gasteiger partial charge in [0.1, 0.15) is 18.2 Å². The maximum Gasteiger partial charge on any atom is 0.240 e. The zero-order valence-electron chi connectivity index (χ0n) is 23.1. The van der Waals surface area contributed by atoms with E-state index in [0.717, 1.165) is 45.6 Å². The van der Waals surface area contributed by atoms with Crippen molar-refractivity contribution in [1.82, 2.24) is 15.1 Å². The number of fused-ring (bicyclic) bond motifs is 1. The molecule has 1 aliphatic heterocycles. The zero-order chi connectivity index (χ0) is 28.4. The Balaban J connectivity index is 1.79. The average Bonchev–Trinajstić information content (AvgIpc) is 3.26. The van der Waals surface area contributed by atoms with Crippen LogP contribution in [0.4, 0.5) is 10.2 Å². The van der Waals surface area contributed by atoms with Crippen LogP contribution in [-0.2, 0) is 9.59 Å². The lowest BCUT2D eigenvalue weighted by atomic mass is 9.99. The summed E-state index contributed by atoms with van der Waals surface area (Å²) in [6, 6.07) is 22.3. The second kappa shape index (κ2) is 11.7. The first-order valence-electron chi connectivity index (χ1n) is 13.5. The summed E-state index contributed by atoms with van der Waals surface area (Å²) in [5, 5.41) is 7.83. The molecular weight excluding hydrogens is 523 g/mol. The minimum absolute atomic E-state index is 0.0143. The highest BCUT2D eigenvalue weighted by Gasteiger charge is 2.38. The normalized spacial score (nSPS) is 15.9. The Morgan fingerprint density at radius 2 is 1.82 bits per heavy atom. The van der Waals surface area contributed by atoms with Crippen LogP contribution >= 0.6 is 11.8 Å². The largest absolute Gasteiger partial charge is 0.352 e. The van der Waals surface area contributed by atoms with Gasteiger partial charge in [-0.25, -0.2) is 9.07 Å². The summed E-state index contributed by atoms with van der Waals surface area (Å²) in [5.41, 5.74) is 6.25. The fourth-order valence-electron chi connectivity index (χ4n) is 5.01. The van der Waals surface area contributed by atoms with Crippen LogP contribution in [0.5, 0.6) is 0 Å². The molecule has 1 aromatic heterocycles. The zero-order valence-corrected chi connectivity index (χ0v) is 24.0. The van der Waals surface area contributed by atoms with E-state index in [-0.39, 0.29) is 41.2 Å². The van der Waals surface area contributed by atoms with E-state index < -0.39 is 0 Å². The van der Waals surface area contributed by atoms with E-state index in [2.05, 4.69) is 11.4 Å². The quantitative estimate of drug-likeness (QED) is 0.287. The molecule has 6 nitrogen and oxygen atoms in total. The number of rotatable bonds is 7. The van der Waals surface area contributed by atoms with E-state index in [1.165, 1.54) is 23.9 Å². The summed E-state index contributed by atoms with van der Waals surface area (Å²) in [4.78, 5) is 28.6. The van der Waals surface area contributed by atoms with Crippen molar-refractivity contribution < 1.29 is 14.0 Å². The van der Waals surface area contributed by atoms with Crippen LogP contribution in [0.3, 0.4) is 0 Å². The van der Waals surface area contributed by atoms with Crippen LogP contribution < -0.4 is 10.2 Å². The van der Waals surface area contributed by atoms with Gasteiger partial charge >= 0.3 is 0 Å². The van der Waals surface area contributed by atoms with Crippen molar-refractivity contribution in [3.05, 3.63) is 101 Å². The predicted molar refractivity (Wildman–Crippen MR) is 159 cm³/mol. The number of carbonyl (C=O) groups excluding carboxylic acids is 2. The summed E-state index contributed by atoms with van der Waals surface area (Å²) in [5.74, 6) is -0.00559. The Labute approximate surface area is 238 Å². The number of anilines is 1. The molecule has 2 atom stereocenters. The second-order valence-electron chi connectivity index (χ2n) is 10.3. The van der Waals surface area contributed by atoms with Gasteiger partial charge in [-0.05, 0) is 56.5 Å². The van der Waals surface area contributed by atoms with Crippen LogP contribution in [-0.4, -0.2) is 39.9 Å². The van der Waals surface area contributed by atoms with Crippen molar-refractivity contribution >= 4 is 29.4 Å². The molecule has 4 aromatic rings. The van der Waals surface area contributed by atoms with E-state index in [1.54, 1.807) is 17.0 Å². The van der Waals surface area contributed by atoms with Crippen molar-refractivity contribution in [2.75, 3.05) is 17.2 Å². The number of benzene rings is 3. The van der Waals surface area contributed by atoms with E-state index >= 15 is 0 Å². The fourth-order valence-corrected chi connectivity index (χ4v) is 6.20. The third-order valence-electron chi connectivity index (χ3n) is 7.21. The van der Waals surface area contributed by atoms with Crippen LogP contribution in [0.2, 0.25) is 0 Å². The minimum atomic E-state index is -0.323. The number of nitrogens with zero attached hydrogens (tertiary/aromatic N) is 3. The van der Waals surface area contributed by atoms with Crippen molar-refractivity contribution in [3.63, 3.8) is 0 Å². The number of aromatic nitrogens is 2. The van der Waals surface area contributed by atoms with Gasteiger partial charge in [0.15, 0.2) is 0 Å². The number of hydrogen-bond acceptors (Lipinski definition) is 4. The van der Waals surface area contributed by atoms with Gasteiger partial charge in [-0.3, -0.25) is 14.5 Å². The highest BCUT2D eigenvalue weighted by Crippen LogP contribution is 2.48. The molecular formula is C32H33FN4O2S. The molecule has 1 N–H and O–H groups in total. The Bertz CT molecular complexity index is 1530. The molecule has 8 heteroatoms. The molecule has 0 aliphatic carbocycles. The summed E-state index contributed by atoms with van der Waals surface area (Å²) in [7, 11) is 0. The Morgan fingerprint density at radius 1 is 1.10 bits per heavy atom. The van der Waals surface area contributed by atoms with Crippen LogP contribution in [0, 0.1) is 19.7 Å². The highest BCUT2D eigenvalue weighted by molar-refractivity contribution is 8.00. The lowest BCUT2D eigenvalue weighted by molar-refractivity contribution is -0.123. The molecule has 206 valence electrons. The van der Waals surface area contributed by atoms with E-state index in [4.69, 9.17) is 5.10 Å². The molecule has 0 radical (unpaired) electrons. The number of hydrogen-bond donors (Lipinski definition) is 1. The Kier molecular flexibility index (Phi) is 8.07. The molecule has 0 fully saturated rings. The maximum absolute atomic E-state index is 13.9. The summed E-state index contributed by atoms with van der Waals surface area (Å²) in [6.45, 7) is 7.87. The van der Waals surface area contributed by atoms with E-state index in [0.29, 0.717) is 5.82 Å². The fraction of sp³-hybridized carbons (Fsp3) is 0.281. The van der Waals surface area contributed by atoms with Gasteiger partial charge in [-0.1, -0.05) is 67.1 Å². The number of halogens is 1. The monoisotopic (exact) mass is 556 g/mol. The first-order chi connectivity index (χ1) is 19.3. The molecule has 2 amide bonds. The molecule has 5 rings (SSSR count). The molecule has 0 bridgehead atoms. The molecule has 0 saturated carbocycles. The maximum atomic E-state index is 13.9. The molecule has 0 saturated heterocycles. The van der Waals surface area contributed by atoms with Gasteiger partial charge in [0, 0.05) is 17.2 Å². The first-order valence-corrected chi connectivity index (χ1v) is 14.5. The standard InChI is InChI=1S/C32H33FN4O2S/c1-5-22(4)34-27(38)18-36-28(39)19-40-31(24-12-14-25(33)15-13-24)29-30(23-9-7-6-8-10-23)35-37(32(29)36)26-16-11-20(2)17-21(26)3/h6-17,22,31H,5,18-19H2,1-4H3,(H,34,38)/t22-,31+/m1/s1. The summed E-state index contributed by atoms with van der Waals surface area (Å²) < 4.78 is 15.8. The molecule has 1 aliphatic rings. The lowest BCUT2D eigenvalue weighted by Gasteiger charge is -2.24. The van der Waals surface area contributed by atoms with Crippen molar-refractivity contribution in [2.45, 2.75) is 45.4 Å². The van der Waals surface area contributed by atoms with E-state index in [1.807, 2.05) is 74.8 Å². The molecule has 2 heterocycles. The number of aryl methyl sites for hydroxylation is 2. The lowest BCUT2D eigenvalue weighted by Crippen LogP contribution is -2.44. The second-order valence-corrected chi connectivity index (χ2v) is 11.3. The Morgan fingerprint density at radius 3 is 2.50 bits per heavy atom. The number of nitrogens with one attached hydrogen (secondary N) is 1. The van der Waals surface area contributed by atoms with E-state index in [9.17, 15) is 14.0 Å². The summed E-state index contributed by atoms with van der Waals surface area (Å²) >= 11 is 1.47. The van der Waals surface area contributed by atoms with Gasteiger partial charge in [0.2, 0.25) is 11.8 Å². The van der Waals surface area contributed by atoms with Gasteiger partial charge in [0.05, 0.1) is 22.4 Å². The van der Waals surface area contributed by atoms with Crippen molar-refractivity contribution in [2.24, 2.45) is 0 Å². The predicted octanol–water partition coefficient (Wildman–Crippen LogP) is 6.38. The highest BCUT2D eigenvalue weighted by atomic mass is 32.2. The first kappa shape index (κ1) is 27.6. The van der Waals surface area contributed by atoms with Crippen LogP contribution in [0.25, 0.3) is 16.9 Å². The third kappa shape index (κ3) is 5.54. The molecule has 0 unspecified atom stereocenters. The third-order valence-corrected chi connectivity index (χ3v) is 8.47. The van der Waals surface area contributed by atoms with Crippen LogP contribution in [0.1, 0.15) is 47.8 Å². The Hall–Kier alpha value is -3.91. The van der Waals surface area contributed by atoms with Crippen molar-refractivity contribution in [3.8, 4) is 16.9 Å². The number of amides is 2. The topological polar surface area (TPSA) is 67.2 Å². The summed E-state index contributed by atoms with van der Waals surface area (Å²) in [6.07, 6.45) is 0.784. The number of carbonyl (C=O) groups is 2. The van der Waals surface area contributed by atoms with Gasteiger partial charge in [-0.15, -0.1) is 11.8 Å². The molecule has 0 spiro atoms. The molecule has 3 aromatic carbocycles. The van der Waals surface area contributed by atoms with Crippen LogP contribution in [0.15, 0.2) is 72.8 Å². The molecule has 40 heavy (non-hydrogen) atoms.